The van der Waals surface area contributed by atoms with Gasteiger partial charge in [0.15, 0.2) is 0 Å². The summed E-state index contributed by atoms with van der Waals surface area (Å²) < 4.78 is 54.0. The third kappa shape index (κ3) is 7.56. The molecule has 0 saturated carbocycles. The number of hydrogen-bond acceptors (Lipinski definition) is 4. The van der Waals surface area contributed by atoms with Crippen LogP contribution in [0.1, 0.15) is 0 Å². The van der Waals surface area contributed by atoms with Gasteiger partial charge >= 0.3 is 0 Å². The van der Waals surface area contributed by atoms with Crippen molar-refractivity contribution in [3.8, 4) is 0 Å². The largest absolute Gasteiger partial charge is 0.386 e. The quantitative estimate of drug-likeness (QED) is 0.465. The zero-order valence-electron chi connectivity index (χ0n) is 8.11. The van der Waals surface area contributed by atoms with E-state index in [1.54, 1.807) is 4.72 Å². The van der Waals surface area contributed by atoms with E-state index in [4.69, 9.17) is 5.11 Å². The van der Waals surface area contributed by atoms with Crippen molar-refractivity contribution in [2.24, 2.45) is 0 Å². The van der Waals surface area contributed by atoms with Crippen molar-refractivity contribution in [2.45, 2.75) is 12.5 Å². The number of aliphatic hydroxyl groups is 1. The molecule has 0 aliphatic rings. The third-order valence-electron chi connectivity index (χ3n) is 1.37. The molecule has 0 rings (SSSR count). The Morgan fingerprint density at radius 1 is 1.40 bits per heavy atom. The van der Waals surface area contributed by atoms with E-state index in [2.05, 4.69) is 4.74 Å². The molecule has 1 atom stereocenters. The summed E-state index contributed by atoms with van der Waals surface area (Å²) >= 11 is 0. The molecule has 3 N–H and O–H groups in total. The summed E-state index contributed by atoms with van der Waals surface area (Å²) in [5.74, 6) is 0. The minimum absolute atomic E-state index is 0.0244. The standard InChI is InChI=1S/C6H14F2N2O4S/c1-14-3-2-9-15(12,13)10-4-5(11)6(7)8/h5-6,9-11H,2-4H2,1H3. The van der Waals surface area contributed by atoms with E-state index in [1.807, 2.05) is 4.72 Å². The summed E-state index contributed by atoms with van der Waals surface area (Å²) in [6, 6.07) is 0. The molecule has 0 heterocycles. The van der Waals surface area contributed by atoms with E-state index in [0.717, 1.165) is 0 Å². The molecule has 0 aliphatic heterocycles. The summed E-state index contributed by atoms with van der Waals surface area (Å²) in [4.78, 5) is 0. The van der Waals surface area contributed by atoms with Crippen LogP contribution in [0.2, 0.25) is 0 Å². The monoisotopic (exact) mass is 248 g/mol. The van der Waals surface area contributed by atoms with Crippen LogP contribution < -0.4 is 9.44 Å². The molecule has 0 aromatic heterocycles. The van der Waals surface area contributed by atoms with E-state index in [9.17, 15) is 17.2 Å². The highest BCUT2D eigenvalue weighted by Gasteiger charge is 2.19. The van der Waals surface area contributed by atoms with Crippen molar-refractivity contribution in [1.29, 1.82) is 0 Å². The second-order valence-corrected chi connectivity index (χ2v) is 4.23. The predicted molar refractivity (Wildman–Crippen MR) is 48.8 cm³/mol. The molecule has 0 aliphatic carbocycles. The van der Waals surface area contributed by atoms with Gasteiger partial charge in [0.2, 0.25) is 0 Å². The lowest BCUT2D eigenvalue weighted by molar-refractivity contribution is -0.000492. The Morgan fingerprint density at radius 2 is 2.00 bits per heavy atom. The summed E-state index contributed by atoms with van der Waals surface area (Å²) in [6.07, 6.45) is -4.99. The van der Waals surface area contributed by atoms with E-state index >= 15 is 0 Å². The zero-order chi connectivity index (χ0) is 11.9. The highest BCUT2D eigenvalue weighted by Crippen LogP contribution is 1.98. The van der Waals surface area contributed by atoms with Gasteiger partial charge < -0.3 is 9.84 Å². The van der Waals surface area contributed by atoms with Gasteiger partial charge in [0, 0.05) is 20.2 Å². The Labute approximate surface area is 86.8 Å². The average molecular weight is 248 g/mol. The lowest BCUT2D eigenvalue weighted by atomic mass is 10.4. The van der Waals surface area contributed by atoms with Gasteiger partial charge in [-0.15, -0.1) is 0 Å². The van der Waals surface area contributed by atoms with Crippen LogP contribution in [-0.2, 0) is 14.9 Å². The SMILES string of the molecule is COCCNS(=O)(=O)NCC(O)C(F)F. The second kappa shape index (κ2) is 7.01. The Balaban J connectivity index is 3.84. The second-order valence-electron chi connectivity index (χ2n) is 2.64. The van der Waals surface area contributed by atoms with Gasteiger partial charge in [-0.25, -0.2) is 8.78 Å². The fourth-order valence-electron chi connectivity index (χ4n) is 0.613. The lowest BCUT2D eigenvalue weighted by Gasteiger charge is -2.11. The summed E-state index contributed by atoms with van der Waals surface area (Å²) in [6.45, 7) is -0.547. The van der Waals surface area contributed by atoms with E-state index < -0.39 is 29.3 Å². The minimum atomic E-state index is -3.86. The fraction of sp³-hybridized carbons (Fsp3) is 1.00. The van der Waals surface area contributed by atoms with Gasteiger partial charge in [0.25, 0.3) is 16.6 Å². The number of halogens is 2. The summed E-state index contributed by atoms with van der Waals surface area (Å²) in [7, 11) is -2.46. The highest BCUT2D eigenvalue weighted by molar-refractivity contribution is 7.87. The van der Waals surface area contributed by atoms with Crippen LogP contribution in [0.25, 0.3) is 0 Å². The van der Waals surface area contributed by atoms with E-state index in [1.165, 1.54) is 7.11 Å². The maximum atomic E-state index is 11.8. The molecular weight excluding hydrogens is 234 g/mol. The Kier molecular flexibility index (Phi) is 6.85. The third-order valence-corrected chi connectivity index (χ3v) is 2.50. The first-order chi connectivity index (χ1) is 6.89. The van der Waals surface area contributed by atoms with Crippen LogP contribution in [-0.4, -0.2) is 52.9 Å². The first kappa shape index (κ1) is 14.6. The normalized spacial score (nSPS) is 14.5. The molecule has 0 aromatic carbocycles. The number of alkyl halides is 2. The fourth-order valence-corrected chi connectivity index (χ4v) is 1.46. The van der Waals surface area contributed by atoms with Gasteiger partial charge in [-0.3, -0.25) is 0 Å². The summed E-state index contributed by atoms with van der Waals surface area (Å²) in [5, 5.41) is 8.63. The van der Waals surface area contributed by atoms with Crippen molar-refractivity contribution in [3.63, 3.8) is 0 Å². The topological polar surface area (TPSA) is 87.7 Å². The van der Waals surface area contributed by atoms with Crippen LogP contribution in [0.15, 0.2) is 0 Å². The highest BCUT2D eigenvalue weighted by atomic mass is 32.2. The zero-order valence-corrected chi connectivity index (χ0v) is 8.93. The molecule has 9 heteroatoms. The smallest absolute Gasteiger partial charge is 0.277 e. The Bertz CT molecular complexity index is 260. The molecule has 6 nitrogen and oxygen atoms in total. The molecule has 92 valence electrons. The van der Waals surface area contributed by atoms with Crippen LogP contribution in [0.5, 0.6) is 0 Å². The van der Waals surface area contributed by atoms with Crippen LogP contribution >= 0.6 is 0 Å². The van der Waals surface area contributed by atoms with E-state index in [-0.39, 0.29) is 13.2 Å². The molecule has 0 aromatic rings. The van der Waals surface area contributed by atoms with Gasteiger partial charge in [-0.05, 0) is 0 Å². The number of nitrogens with one attached hydrogen (secondary N) is 2. The van der Waals surface area contributed by atoms with Crippen molar-refractivity contribution < 1.29 is 27.0 Å². The number of hydrogen-bond donors (Lipinski definition) is 3. The van der Waals surface area contributed by atoms with Gasteiger partial charge in [-0.2, -0.15) is 17.9 Å². The number of ether oxygens (including phenoxy) is 1. The summed E-state index contributed by atoms with van der Waals surface area (Å²) in [5.41, 5.74) is 0. The van der Waals surface area contributed by atoms with Crippen molar-refractivity contribution in [3.05, 3.63) is 0 Å². The average Bonchev–Trinajstić information content (AvgIpc) is 2.14. The number of methoxy groups -OCH3 is 1. The number of aliphatic hydroxyl groups excluding tert-OH is 1. The first-order valence-electron chi connectivity index (χ1n) is 4.08. The minimum Gasteiger partial charge on any atom is -0.386 e. The molecular formula is C6H14F2N2O4S. The van der Waals surface area contributed by atoms with Crippen LogP contribution in [0.3, 0.4) is 0 Å². The Morgan fingerprint density at radius 3 is 2.47 bits per heavy atom. The molecule has 0 saturated heterocycles. The van der Waals surface area contributed by atoms with Gasteiger partial charge in [0.1, 0.15) is 6.10 Å². The molecule has 1 unspecified atom stereocenters. The van der Waals surface area contributed by atoms with Gasteiger partial charge in [-0.1, -0.05) is 0 Å². The van der Waals surface area contributed by atoms with Gasteiger partial charge in [0.05, 0.1) is 6.61 Å². The molecule has 0 spiro atoms. The van der Waals surface area contributed by atoms with Crippen molar-refractivity contribution in [2.75, 3.05) is 26.8 Å². The molecule has 0 fully saturated rings. The first-order valence-corrected chi connectivity index (χ1v) is 5.56. The Hall–Kier alpha value is -0.350. The maximum Gasteiger partial charge on any atom is 0.277 e. The van der Waals surface area contributed by atoms with Crippen LogP contribution in [0, 0.1) is 0 Å². The molecule has 0 amide bonds. The predicted octanol–water partition coefficient (Wildman–Crippen LogP) is -1.32. The maximum absolute atomic E-state index is 11.8. The van der Waals surface area contributed by atoms with Crippen LogP contribution in [0.4, 0.5) is 8.78 Å². The van der Waals surface area contributed by atoms with E-state index in [0.29, 0.717) is 0 Å². The van der Waals surface area contributed by atoms with Crippen molar-refractivity contribution >= 4 is 10.2 Å². The van der Waals surface area contributed by atoms with Crippen molar-refractivity contribution in [1.82, 2.24) is 9.44 Å². The number of rotatable bonds is 8. The molecule has 15 heavy (non-hydrogen) atoms. The molecule has 0 radical (unpaired) electrons. The molecule has 0 bridgehead atoms. The lowest BCUT2D eigenvalue weighted by Crippen LogP contribution is -2.43.